The van der Waals surface area contributed by atoms with E-state index >= 15 is 0 Å². The molecular formula is C15H17F3N4O3S. The van der Waals surface area contributed by atoms with E-state index < -0.39 is 21.8 Å². The van der Waals surface area contributed by atoms with Gasteiger partial charge >= 0.3 is 6.18 Å². The zero-order valence-electron chi connectivity index (χ0n) is 13.9. The van der Waals surface area contributed by atoms with Crippen LogP contribution in [0.4, 0.5) is 13.2 Å². The standard InChI is InChI=1S/C15H17F3N4O3S/c1-11-19-20-14(25-11)10-21-5-7-22(8-6-21)26(23,24)13-4-2-3-12(9-13)15(16,17)18/h2-4,9H,5-8,10H2,1H3. The van der Waals surface area contributed by atoms with Crippen molar-refractivity contribution in [2.24, 2.45) is 0 Å². The van der Waals surface area contributed by atoms with Crippen LogP contribution in [-0.2, 0) is 22.7 Å². The van der Waals surface area contributed by atoms with Crippen molar-refractivity contribution >= 4 is 10.0 Å². The Hall–Kier alpha value is -1.98. The number of piperazine rings is 1. The van der Waals surface area contributed by atoms with E-state index in [0.29, 0.717) is 37.5 Å². The lowest BCUT2D eigenvalue weighted by atomic mass is 10.2. The smallest absolute Gasteiger partial charge is 0.416 e. The van der Waals surface area contributed by atoms with E-state index in [9.17, 15) is 21.6 Å². The highest BCUT2D eigenvalue weighted by Gasteiger charge is 2.34. The average molecular weight is 390 g/mol. The Morgan fingerprint density at radius 3 is 2.42 bits per heavy atom. The van der Waals surface area contributed by atoms with Crippen molar-refractivity contribution in [3.8, 4) is 0 Å². The van der Waals surface area contributed by atoms with Crippen molar-refractivity contribution in [1.82, 2.24) is 19.4 Å². The van der Waals surface area contributed by atoms with Crippen molar-refractivity contribution in [2.45, 2.75) is 24.5 Å². The molecule has 1 aliphatic rings. The zero-order valence-corrected chi connectivity index (χ0v) is 14.7. The molecule has 1 saturated heterocycles. The molecule has 11 heteroatoms. The average Bonchev–Trinajstić information content (AvgIpc) is 2.99. The molecule has 2 heterocycles. The fourth-order valence-corrected chi connectivity index (χ4v) is 4.17. The first-order valence-corrected chi connectivity index (χ1v) is 9.29. The van der Waals surface area contributed by atoms with Gasteiger partial charge in [-0.25, -0.2) is 8.42 Å². The lowest BCUT2D eigenvalue weighted by Crippen LogP contribution is -2.48. The molecule has 0 spiro atoms. The summed E-state index contributed by atoms with van der Waals surface area (Å²) in [7, 11) is -3.98. The normalized spacial score (nSPS) is 17.5. The Morgan fingerprint density at radius 2 is 1.85 bits per heavy atom. The predicted molar refractivity (Wildman–Crippen MR) is 84.5 cm³/mol. The largest absolute Gasteiger partial charge is 0.424 e. The molecule has 1 fully saturated rings. The maximum Gasteiger partial charge on any atom is 0.416 e. The summed E-state index contributed by atoms with van der Waals surface area (Å²) in [5.41, 5.74) is -0.982. The number of sulfonamides is 1. The first kappa shape index (κ1) is 18.8. The third-order valence-corrected chi connectivity index (χ3v) is 5.95. The monoisotopic (exact) mass is 390 g/mol. The molecule has 1 aromatic carbocycles. The number of benzene rings is 1. The molecule has 2 aromatic rings. The van der Waals surface area contributed by atoms with Gasteiger partial charge in [-0.15, -0.1) is 10.2 Å². The third-order valence-electron chi connectivity index (χ3n) is 4.06. The Balaban J connectivity index is 1.68. The number of rotatable bonds is 4. The first-order chi connectivity index (χ1) is 12.2. The molecule has 3 rings (SSSR count). The summed E-state index contributed by atoms with van der Waals surface area (Å²) >= 11 is 0. The number of hydrogen-bond donors (Lipinski definition) is 0. The van der Waals surface area contributed by atoms with E-state index in [1.54, 1.807) is 6.92 Å². The van der Waals surface area contributed by atoms with Crippen molar-refractivity contribution in [3.05, 3.63) is 41.6 Å². The number of halogens is 3. The summed E-state index contributed by atoms with van der Waals surface area (Å²) in [6.07, 6.45) is -4.59. The minimum Gasteiger partial charge on any atom is -0.424 e. The van der Waals surface area contributed by atoms with E-state index in [-0.39, 0.29) is 18.0 Å². The van der Waals surface area contributed by atoms with Crippen LogP contribution < -0.4 is 0 Å². The molecule has 1 aromatic heterocycles. The van der Waals surface area contributed by atoms with Crippen molar-refractivity contribution in [2.75, 3.05) is 26.2 Å². The van der Waals surface area contributed by atoms with Crippen LogP contribution in [0.15, 0.2) is 33.6 Å². The highest BCUT2D eigenvalue weighted by atomic mass is 32.2. The van der Waals surface area contributed by atoms with E-state index in [1.165, 1.54) is 10.4 Å². The Bertz CT molecular complexity index is 874. The van der Waals surface area contributed by atoms with Gasteiger partial charge in [0.05, 0.1) is 17.0 Å². The van der Waals surface area contributed by atoms with Gasteiger partial charge in [0.1, 0.15) is 0 Å². The molecule has 0 saturated carbocycles. The molecule has 0 unspecified atom stereocenters. The number of nitrogens with zero attached hydrogens (tertiary/aromatic N) is 4. The molecular weight excluding hydrogens is 373 g/mol. The van der Waals surface area contributed by atoms with Crippen LogP contribution in [0, 0.1) is 6.92 Å². The van der Waals surface area contributed by atoms with Gasteiger partial charge in [-0.2, -0.15) is 17.5 Å². The fraction of sp³-hybridized carbons (Fsp3) is 0.467. The summed E-state index contributed by atoms with van der Waals surface area (Å²) in [4.78, 5) is 1.60. The van der Waals surface area contributed by atoms with Crippen LogP contribution >= 0.6 is 0 Å². The lowest BCUT2D eigenvalue weighted by Gasteiger charge is -2.33. The number of hydrogen-bond acceptors (Lipinski definition) is 6. The Kier molecular flexibility index (Phi) is 5.04. The lowest BCUT2D eigenvalue weighted by molar-refractivity contribution is -0.137. The second-order valence-corrected chi connectivity index (χ2v) is 7.86. The maximum atomic E-state index is 12.8. The second kappa shape index (κ2) is 6.97. The summed E-state index contributed by atoms with van der Waals surface area (Å²) in [6, 6.07) is 3.80. The highest BCUT2D eigenvalue weighted by Crippen LogP contribution is 2.31. The van der Waals surface area contributed by atoms with Crippen LogP contribution in [0.25, 0.3) is 0 Å². The molecule has 0 atom stereocenters. The maximum absolute atomic E-state index is 12.8. The molecule has 0 bridgehead atoms. The van der Waals surface area contributed by atoms with Gasteiger partial charge < -0.3 is 4.42 Å². The van der Waals surface area contributed by atoms with Gasteiger partial charge in [0.2, 0.25) is 21.8 Å². The van der Waals surface area contributed by atoms with Crippen LogP contribution in [0.3, 0.4) is 0 Å². The van der Waals surface area contributed by atoms with Gasteiger partial charge in [0.25, 0.3) is 0 Å². The minimum atomic E-state index is -4.59. The summed E-state index contributed by atoms with van der Waals surface area (Å²) < 4.78 is 70.2. The van der Waals surface area contributed by atoms with Gasteiger partial charge in [0, 0.05) is 33.1 Å². The van der Waals surface area contributed by atoms with E-state index in [4.69, 9.17) is 4.42 Å². The molecule has 142 valence electrons. The van der Waals surface area contributed by atoms with E-state index in [2.05, 4.69) is 10.2 Å². The van der Waals surface area contributed by atoms with Crippen molar-refractivity contribution < 1.29 is 26.0 Å². The zero-order chi connectivity index (χ0) is 18.9. The van der Waals surface area contributed by atoms with Crippen molar-refractivity contribution in [1.29, 1.82) is 0 Å². The molecule has 0 amide bonds. The Morgan fingerprint density at radius 1 is 1.15 bits per heavy atom. The van der Waals surface area contributed by atoms with Crippen molar-refractivity contribution in [3.63, 3.8) is 0 Å². The summed E-state index contributed by atoms with van der Waals surface area (Å²) in [6.45, 7) is 3.25. The van der Waals surface area contributed by atoms with E-state index in [1.807, 2.05) is 4.90 Å². The Labute approximate surface area is 148 Å². The van der Waals surface area contributed by atoms with Crippen LogP contribution in [0.5, 0.6) is 0 Å². The van der Waals surface area contributed by atoms with Gasteiger partial charge in [0.15, 0.2) is 0 Å². The predicted octanol–water partition coefficient (Wildman–Crippen LogP) is 1.90. The highest BCUT2D eigenvalue weighted by molar-refractivity contribution is 7.89. The third kappa shape index (κ3) is 4.05. The molecule has 0 N–H and O–H groups in total. The second-order valence-electron chi connectivity index (χ2n) is 5.92. The quantitative estimate of drug-likeness (QED) is 0.794. The molecule has 26 heavy (non-hydrogen) atoms. The number of aromatic nitrogens is 2. The van der Waals surface area contributed by atoms with Crippen LogP contribution in [0.2, 0.25) is 0 Å². The van der Waals surface area contributed by atoms with Crippen LogP contribution in [-0.4, -0.2) is 54.0 Å². The van der Waals surface area contributed by atoms with Gasteiger partial charge in [-0.3, -0.25) is 4.90 Å². The number of alkyl halides is 3. The van der Waals surface area contributed by atoms with Crippen LogP contribution in [0.1, 0.15) is 17.3 Å². The number of aryl methyl sites for hydroxylation is 1. The fourth-order valence-electron chi connectivity index (χ4n) is 2.70. The summed E-state index contributed by atoms with van der Waals surface area (Å²) in [5.74, 6) is 0.891. The molecule has 0 aliphatic carbocycles. The molecule has 7 nitrogen and oxygen atoms in total. The first-order valence-electron chi connectivity index (χ1n) is 7.85. The molecule has 0 radical (unpaired) electrons. The van der Waals surface area contributed by atoms with Gasteiger partial charge in [-0.1, -0.05) is 6.07 Å². The topological polar surface area (TPSA) is 79.5 Å². The SMILES string of the molecule is Cc1nnc(CN2CCN(S(=O)(=O)c3cccc(C(F)(F)F)c3)CC2)o1. The van der Waals surface area contributed by atoms with E-state index in [0.717, 1.165) is 12.1 Å². The summed E-state index contributed by atoms with van der Waals surface area (Å²) in [5, 5.41) is 7.62. The minimum absolute atomic E-state index is 0.172. The molecule has 1 aliphatic heterocycles. The van der Waals surface area contributed by atoms with Gasteiger partial charge in [-0.05, 0) is 18.2 Å².